The Morgan fingerprint density at radius 2 is 2.00 bits per heavy atom. The van der Waals surface area contributed by atoms with E-state index in [9.17, 15) is 4.79 Å². The number of carbonyl (C=O) groups is 1. The largest absolute Gasteiger partial charge is 0.477 e. The Morgan fingerprint density at radius 1 is 1.46 bits per heavy atom. The SMILES string of the molecule is CC.Cc1cc(C(=O)O)nc(Cl)n1. The Bertz CT molecular complexity index is 282. The molecule has 1 aromatic heterocycles. The number of hydrogen-bond donors (Lipinski definition) is 1. The molecule has 0 saturated carbocycles. The molecule has 0 bridgehead atoms. The summed E-state index contributed by atoms with van der Waals surface area (Å²) in [6, 6.07) is 1.36. The van der Waals surface area contributed by atoms with Crippen LogP contribution in [0.25, 0.3) is 0 Å². The first-order valence-corrected chi connectivity index (χ1v) is 4.22. The minimum Gasteiger partial charge on any atom is -0.477 e. The summed E-state index contributed by atoms with van der Waals surface area (Å²) in [5.41, 5.74) is 0.463. The van der Waals surface area contributed by atoms with Crippen molar-refractivity contribution in [3.8, 4) is 0 Å². The van der Waals surface area contributed by atoms with Crippen LogP contribution in [0, 0.1) is 6.92 Å². The van der Waals surface area contributed by atoms with Gasteiger partial charge in [0.05, 0.1) is 0 Å². The van der Waals surface area contributed by atoms with Gasteiger partial charge in [0.25, 0.3) is 0 Å². The van der Waals surface area contributed by atoms with Crippen LogP contribution in [-0.4, -0.2) is 21.0 Å². The average Bonchev–Trinajstić information content (AvgIpc) is 2.06. The average molecular weight is 203 g/mol. The molecule has 0 atom stereocenters. The Kier molecular flexibility index (Phi) is 4.99. The van der Waals surface area contributed by atoms with Gasteiger partial charge in [-0.2, -0.15) is 0 Å². The van der Waals surface area contributed by atoms with Gasteiger partial charge in [-0.1, -0.05) is 13.8 Å². The zero-order valence-corrected chi connectivity index (χ0v) is 8.46. The Balaban J connectivity index is 0.000000671. The third kappa shape index (κ3) is 3.85. The molecule has 0 fully saturated rings. The summed E-state index contributed by atoms with van der Waals surface area (Å²) in [7, 11) is 0. The molecular weight excluding hydrogens is 192 g/mol. The third-order valence-electron chi connectivity index (χ3n) is 1.05. The Hall–Kier alpha value is -1.16. The van der Waals surface area contributed by atoms with Gasteiger partial charge in [0.2, 0.25) is 5.28 Å². The van der Waals surface area contributed by atoms with Gasteiger partial charge >= 0.3 is 5.97 Å². The summed E-state index contributed by atoms with van der Waals surface area (Å²) in [6.07, 6.45) is 0. The highest BCUT2D eigenvalue weighted by atomic mass is 35.5. The second-order valence-corrected chi connectivity index (χ2v) is 2.31. The maximum Gasteiger partial charge on any atom is 0.354 e. The molecule has 1 rings (SSSR count). The predicted octanol–water partition coefficient (Wildman–Crippen LogP) is 2.16. The first-order chi connectivity index (χ1) is 6.09. The zero-order chi connectivity index (χ0) is 10.4. The molecule has 1 heterocycles. The van der Waals surface area contributed by atoms with Crippen LogP contribution in [0.4, 0.5) is 0 Å². The fourth-order valence-corrected chi connectivity index (χ4v) is 0.866. The summed E-state index contributed by atoms with van der Waals surface area (Å²) >= 11 is 5.41. The van der Waals surface area contributed by atoms with Gasteiger partial charge in [0, 0.05) is 5.69 Å². The molecule has 13 heavy (non-hydrogen) atoms. The number of carboxylic acids is 1. The van der Waals surface area contributed by atoms with E-state index in [1.54, 1.807) is 6.92 Å². The van der Waals surface area contributed by atoms with Crippen molar-refractivity contribution in [3.05, 3.63) is 22.7 Å². The van der Waals surface area contributed by atoms with E-state index in [1.807, 2.05) is 13.8 Å². The lowest BCUT2D eigenvalue weighted by atomic mass is 10.3. The van der Waals surface area contributed by atoms with E-state index in [1.165, 1.54) is 6.07 Å². The quantitative estimate of drug-likeness (QED) is 0.709. The highest BCUT2D eigenvalue weighted by Crippen LogP contribution is 2.04. The fourth-order valence-electron chi connectivity index (χ4n) is 0.642. The normalized spacial score (nSPS) is 8.62. The van der Waals surface area contributed by atoms with Crippen molar-refractivity contribution in [1.82, 2.24) is 9.97 Å². The molecular formula is C8H11ClN2O2. The van der Waals surface area contributed by atoms with Crippen LogP contribution < -0.4 is 0 Å². The smallest absolute Gasteiger partial charge is 0.354 e. The number of hydrogen-bond acceptors (Lipinski definition) is 3. The van der Waals surface area contributed by atoms with Gasteiger partial charge in [0.15, 0.2) is 5.69 Å². The molecule has 4 nitrogen and oxygen atoms in total. The fraction of sp³-hybridized carbons (Fsp3) is 0.375. The van der Waals surface area contributed by atoms with Gasteiger partial charge in [-0.15, -0.1) is 0 Å². The number of aromatic nitrogens is 2. The van der Waals surface area contributed by atoms with Crippen molar-refractivity contribution in [3.63, 3.8) is 0 Å². The lowest BCUT2D eigenvalue weighted by molar-refractivity contribution is 0.0690. The third-order valence-corrected chi connectivity index (χ3v) is 1.22. The zero-order valence-electron chi connectivity index (χ0n) is 7.71. The molecule has 0 unspecified atom stereocenters. The Labute approximate surface area is 81.6 Å². The first-order valence-electron chi connectivity index (χ1n) is 3.84. The topological polar surface area (TPSA) is 63.1 Å². The van der Waals surface area contributed by atoms with Crippen molar-refractivity contribution >= 4 is 17.6 Å². The molecule has 0 amide bonds. The summed E-state index contributed by atoms with van der Waals surface area (Å²) < 4.78 is 0. The summed E-state index contributed by atoms with van der Waals surface area (Å²) in [4.78, 5) is 17.6. The molecule has 0 radical (unpaired) electrons. The molecule has 72 valence electrons. The molecule has 0 aliphatic heterocycles. The summed E-state index contributed by atoms with van der Waals surface area (Å²) in [5, 5.41) is 8.45. The summed E-state index contributed by atoms with van der Waals surface area (Å²) in [6.45, 7) is 5.65. The van der Waals surface area contributed by atoms with Crippen molar-refractivity contribution < 1.29 is 9.90 Å². The van der Waals surface area contributed by atoms with E-state index in [2.05, 4.69) is 9.97 Å². The molecule has 5 heteroatoms. The van der Waals surface area contributed by atoms with Gasteiger partial charge in [0.1, 0.15) is 0 Å². The lowest BCUT2D eigenvalue weighted by Gasteiger charge is -1.95. The van der Waals surface area contributed by atoms with E-state index in [-0.39, 0.29) is 11.0 Å². The van der Waals surface area contributed by atoms with E-state index < -0.39 is 5.97 Å². The number of aromatic carboxylic acids is 1. The van der Waals surface area contributed by atoms with Crippen molar-refractivity contribution in [2.45, 2.75) is 20.8 Å². The maximum absolute atomic E-state index is 10.4. The lowest BCUT2D eigenvalue weighted by Crippen LogP contribution is -2.02. The maximum atomic E-state index is 10.4. The summed E-state index contributed by atoms with van der Waals surface area (Å²) in [5.74, 6) is -1.10. The van der Waals surface area contributed by atoms with Crippen LogP contribution in [0.5, 0.6) is 0 Å². The van der Waals surface area contributed by atoms with Crippen LogP contribution in [0.1, 0.15) is 30.0 Å². The molecule has 1 N–H and O–H groups in total. The molecule has 0 aliphatic rings. The molecule has 0 saturated heterocycles. The number of halogens is 1. The second kappa shape index (κ2) is 5.48. The highest BCUT2D eigenvalue weighted by molar-refractivity contribution is 6.28. The molecule has 0 aromatic carbocycles. The van der Waals surface area contributed by atoms with Gasteiger partial charge in [-0.3, -0.25) is 0 Å². The number of nitrogens with zero attached hydrogens (tertiary/aromatic N) is 2. The van der Waals surface area contributed by atoms with Crippen LogP contribution >= 0.6 is 11.6 Å². The standard InChI is InChI=1S/C6H5ClN2O2.C2H6/c1-3-2-4(5(10)11)9-6(7)8-3;1-2/h2H,1H3,(H,10,11);1-2H3. The van der Waals surface area contributed by atoms with Crippen molar-refractivity contribution in [1.29, 1.82) is 0 Å². The minimum atomic E-state index is -1.10. The predicted molar refractivity (Wildman–Crippen MR) is 50.1 cm³/mol. The molecule has 1 aromatic rings. The second-order valence-electron chi connectivity index (χ2n) is 1.97. The van der Waals surface area contributed by atoms with Crippen LogP contribution in [0.2, 0.25) is 5.28 Å². The highest BCUT2D eigenvalue weighted by Gasteiger charge is 2.06. The number of aryl methyl sites for hydroxylation is 1. The van der Waals surface area contributed by atoms with E-state index >= 15 is 0 Å². The number of rotatable bonds is 1. The van der Waals surface area contributed by atoms with Gasteiger partial charge in [-0.25, -0.2) is 14.8 Å². The van der Waals surface area contributed by atoms with Gasteiger partial charge in [-0.05, 0) is 24.6 Å². The molecule has 0 spiro atoms. The van der Waals surface area contributed by atoms with E-state index in [0.717, 1.165) is 0 Å². The van der Waals surface area contributed by atoms with Crippen LogP contribution in [0.3, 0.4) is 0 Å². The van der Waals surface area contributed by atoms with E-state index in [0.29, 0.717) is 5.69 Å². The first kappa shape index (κ1) is 11.8. The monoisotopic (exact) mass is 202 g/mol. The minimum absolute atomic E-state index is 0.0394. The van der Waals surface area contributed by atoms with Crippen molar-refractivity contribution in [2.75, 3.05) is 0 Å². The van der Waals surface area contributed by atoms with Crippen molar-refractivity contribution in [2.24, 2.45) is 0 Å². The van der Waals surface area contributed by atoms with Crippen LogP contribution in [0.15, 0.2) is 6.07 Å². The van der Waals surface area contributed by atoms with Gasteiger partial charge < -0.3 is 5.11 Å². The number of carboxylic acid groups (broad SMARTS) is 1. The van der Waals surface area contributed by atoms with Crippen LogP contribution in [-0.2, 0) is 0 Å². The Morgan fingerprint density at radius 3 is 2.38 bits per heavy atom. The molecule has 0 aliphatic carbocycles. The van der Waals surface area contributed by atoms with E-state index in [4.69, 9.17) is 16.7 Å².